The number of alkyl carbamates (subject to hydrolysis) is 1. The van der Waals surface area contributed by atoms with E-state index in [1.54, 1.807) is 6.92 Å². The van der Waals surface area contributed by atoms with E-state index in [1.807, 2.05) is 50.2 Å². The molecule has 150 valence electrons. The number of carbonyl (C=O) groups excluding carboxylic acids is 3. The van der Waals surface area contributed by atoms with Gasteiger partial charge in [0.15, 0.2) is 13.1 Å². The summed E-state index contributed by atoms with van der Waals surface area (Å²) in [6.07, 6.45) is -0.766. The molecule has 0 aromatic heterocycles. The molecule has 0 radical (unpaired) electrons. The van der Waals surface area contributed by atoms with Crippen LogP contribution in [0, 0.1) is 0 Å². The summed E-state index contributed by atoms with van der Waals surface area (Å²) in [6, 6.07) is 14.0. The van der Waals surface area contributed by atoms with E-state index in [0.717, 1.165) is 21.2 Å². The number of rotatable bonds is 8. The highest BCUT2D eigenvalue weighted by molar-refractivity contribution is 5.92. The van der Waals surface area contributed by atoms with Crippen LogP contribution in [0.15, 0.2) is 42.5 Å². The first kappa shape index (κ1) is 21.4. The molecule has 3 amide bonds. The lowest BCUT2D eigenvalue weighted by Gasteiger charge is -2.19. The summed E-state index contributed by atoms with van der Waals surface area (Å²) in [4.78, 5) is 36.3. The number of benzene rings is 2. The van der Waals surface area contributed by atoms with Gasteiger partial charge in [-0.15, -0.1) is 0 Å². The summed E-state index contributed by atoms with van der Waals surface area (Å²) in [5.41, 5.74) is 1.02. The number of imide groups is 1. The van der Waals surface area contributed by atoms with Crippen molar-refractivity contribution in [2.24, 2.45) is 0 Å². The van der Waals surface area contributed by atoms with Crippen LogP contribution in [0.5, 0.6) is 0 Å². The second kappa shape index (κ2) is 10.4. The molecule has 2 aromatic rings. The van der Waals surface area contributed by atoms with Crippen LogP contribution in [-0.4, -0.2) is 44.1 Å². The molecule has 2 rings (SSSR count). The summed E-state index contributed by atoms with van der Waals surface area (Å²) in [6.45, 7) is 6.41. The van der Waals surface area contributed by atoms with E-state index >= 15 is 0 Å². The molecule has 0 saturated carbocycles. The van der Waals surface area contributed by atoms with Gasteiger partial charge in [-0.1, -0.05) is 36.4 Å². The zero-order valence-corrected chi connectivity index (χ0v) is 16.6. The molecule has 7 heteroatoms. The van der Waals surface area contributed by atoms with Crippen molar-refractivity contribution in [2.45, 2.75) is 26.8 Å². The van der Waals surface area contributed by atoms with Gasteiger partial charge in [-0.25, -0.2) is 4.79 Å². The molecular formula is C21H28N3O4+. The van der Waals surface area contributed by atoms with Gasteiger partial charge in [-0.3, -0.25) is 14.9 Å². The lowest BCUT2D eigenvalue weighted by Crippen LogP contribution is -3.14. The average molecular weight is 386 g/mol. The van der Waals surface area contributed by atoms with Crippen molar-refractivity contribution in [3.63, 3.8) is 0 Å². The average Bonchev–Trinajstić information content (AvgIpc) is 2.66. The monoisotopic (exact) mass is 386 g/mol. The van der Waals surface area contributed by atoms with Gasteiger partial charge in [0.1, 0.15) is 0 Å². The van der Waals surface area contributed by atoms with Gasteiger partial charge in [-0.05, 0) is 43.2 Å². The van der Waals surface area contributed by atoms with E-state index < -0.39 is 12.0 Å². The second-order valence-electron chi connectivity index (χ2n) is 6.62. The minimum absolute atomic E-state index is 0.0209. The van der Waals surface area contributed by atoms with Gasteiger partial charge in [0.25, 0.3) is 11.8 Å². The van der Waals surface area contributed by atoms with Crippen LogP contribution < -0.4 is 15.5 Å². The molecule has 3 N–H and O–H groups in total. The van der Waals surface area contributed by atoms with Crippen molar-refractivity contribution in [2.75, 3.05) is 26.2 Å². The minimum Gasteiger partial charge on any atom is -0.450 e. The Hall–Kier alpha value is -2.93. The van der Waals surface area contributed by atoms with Crippen LogP contribution in [0.2, 0.25) is 0 Å². The number of carbonyl (C=O) groups is 3. The SMILES string of the molecule is CCOC(=O)NC(=O)C[NH+](CC)CC(=O)N[C@H](C)c1ccc2ccccc2c1. The van der Waals surface area contributed by atoms with Gasteiger partial charge in [0.2, 0.25) is 0 Å². The van der Waals surface area contributed by atoms with Crippen LogP contribution in [0.4, 0.5) is 4.79 Å². The Morgan fingerprint density at radius 1 is 1.00 bits per heavy atom. The Morgan fingerprint density at radius 2 is 1.68 bits per heavy atom. The van der Waals surface area contributed by atoms with Crippen molar-refractivity contribution in [3.05, 3.63) is 48.0 Å². The maximum atomic E-state index is 12.4. The van der Waals surface area contributed by atoms with Gasteiger partial charge in [0.05, 0.1) is 19.2 Å². The predicted molar refractivity (Wildman–Crippen MR) is 107 cm³/mol. The molecule has 0 bridgehead atoms. The molecule has 7 nitrogen and oxygen atoms in total. The lowest BCUT2D eigenvalue weighted by atomic mass is 10.0. The van der Waals surface area contributed by atoms with Gasteiger partial charge < -0.3 is 15.0 Å². The van der Waals surface area contributed by atoms with E-state index in [9.17, 15) is 14.4 Å². The first-order valence-corrected chi connectivity index (χ1v) is 9.51. The molecular weight excluding hydrogens is 358 g/mol. The maximum Gasteiger partial charge on any atom is 0.414 e. The number of fused-ring (bicyclic) bond motifs is 1. The molecule has 28 heavy (non-hydrogen) atoms. The highest BCUT2D eigenvalue weighted by Crippen LogP contribution is 2.20. The summed E-state index contributed by atoms with van der Waals surface area (Å²) in [7, 11) is 0. The number of hydrogen-bond donors (Lipinski definition) is 3. The number of hydrogen-bond acceptors (Lipinski definition) is 4. The minimum atomic E-state index is -0.766. The van der Waals surface area contributed by atoms with Crippen molar-refractivity contribution in [1.29, 1.82) is 0 Å². The molecule has 0 saturated heterocycles. The van der Waals surface area contributed by atoms with Crippen molar-refractivity contribution in [3.8, 4) is 0 Å². The zero-order chi connectivity index (χ0) is 20.5. The largest absolute Gasteiger partial charge is 0.450 e. The molecule has 0 aliphatic rings. The first-order chi connectivity index (χ1) is 13.4. The van der Waals surface area contributed by atoms with Gasteiger partial charge >= 0.3 is 6.09 Å². The van der Waals surface area contributed by atoms with Crippen molar-refractivity contribution in [1.82, 2.24) is 10.6 Å². The van der Waals surface area contributed by atoms with Crippen LogP contribution in [0.25, 0.3) is 10.8 Å². The van der Waals surface area contributed by atoms with E-state index in [4.69, 9.17) is 0 Å². The third-order valence-electron chi connectivity index (χ3n) is 4.49. The van der Waals surface area contributed by atoms with Crippen LogP contribution in [0.1, 0.15) is 32.4 Å². The molecule has 0 aliphatic heterocycles. The van der Waals surface area contributed by atoms with Crippen LogP contribution in [-0.2, 0) is 14.3 Å². The van der Waals surface area contributed by atoms with Crippen LogP contribution >= 0.6 is 0 Å². The van der Waals surface area contributed by atoms with Crippen LogP contribution in [0.3, 0.4) is 0 Å². The first-order valence-electron chi connectivity index (χ1n) is 9.51. The molecule has 0 heterocycles. The standard InChI is InChI=1S/C21H27N3O4/c1-4-24(14-20(26)23-21(27)28-5-2)13-19(25)22-15(3)17-11-10-16-8-6-7-9-18(16)12-17/h6-12,15H,4-5,13-14H2,1-3H3,(H,22,25)(H,23,26,27)/p+1/t15-/m1/s1. The smallest absolute Gasteiger partial charge is 0.414 e. The maximum absolute atomic E-state index is 12.4. The quantitative estimate of drug-likeness (QED) is 0.636. The predicted octanol–water partition coefficient (Wildman–Crippen LogP) is 1.19. The van der Waals surface area contributed by atoms with Gasteiger partial charge in [0, 0.05) is 0 Å². The molecule has 0 fully saturated rings. The van der Waals surface area contributed by atoms with E-state index in [1.165, 1.54) is 0 Å². The summed E-state index contributed by atoms with van der Waals surface area (Å²) in [5.74, 6) is -0.618. The summed E-state index contributed by atoms with van der Waals surface area (Å²) < 4.78 is 4.68. The Balaban J connectivity index is 1.89. The Labute approximate surface area is 165 Å². The fourth-order valence-corrected chi connectivity index (χ4v) is 2.94. The fraction of sp³-hybridized carbons (Fsp3) is 0.381. The fourth-order valence-electron chi connectivity index (χ4n) is 2.94. The van der Waals surface area contributed by atoms with Crippen molar-refractivity contribution < 1.29 is 24.0 Å². The van der Waals surface area contributed by atoms with E-state index in [0.29, 0.717) is 6.54 Å². The molecule has 0 aliphatic carbocycles. The number of quaternary nitrogens is 1. The number of likely N-dealkylation sites (N-methyl/N-ethyl adjacent to an activating group) is 1. The molecule has 2 atom stereocenters. The summed E-state index contributed by atoms with van der Waals surface area (Å²) >= 11 is 0. The molecule has 0 spiro atoms. The van der Waals surface area contributed by atoms with E-state index in [-0.39, 0.29) is 31.6 Å². The topological polar surface area (TPSA) is 88.9 Å². The second-order valence-corrected chi connectivity index (χ2v) is 6.62. The Bertz CT molecular complexity index is 837. The number of amides is 3. The van der Waals surface area contributed by atoms with Gasteiger partial charge in [-0.2, -0.15) is 0 Å². The zero-order valence-electron chi connectivity index (χ0n) is 16.6. The molecule has 2 aromatic carbocycles. The Kier molecular flexibility index (Phi) is 7.95. The third-order valence-corrected chi connectivity index (χ3v) is 4.49. The Morgan fingerprint density at radius 3 is 2.36 bits per heavy atom. The third kappa shape index (κ3) is 6.35. The van der Waals surface area contributed by atoms with E-state index in [2.05, 4.69) is 21.4 Å². The molecule has 1 unspecified atom stereocenters. The normalized spacial score (nSPS) is 12.8. The highest BCUT2D eigenvalue weighted by atomic mass is 16.5. The summed E-state index contributed by atoms with van der Waals surface area (Å²) in [5, 5.41) is 7.40. The lowest BCUT2D eigenvalue weighted by molar-refractivity contribution is -0.881. The van der Waals surface area contributed by atoms with Crippen molar-refractivity contribution >= 4 is 28.7 Å². The number of ether oxygens (including phenoxy) is 1. The number of nitrogens with one attached hydrogen (secondary N) is 3. The highest BCUT2D eigenvalue weighted by Gasteiger charge is 2.20.